The first-order valence-corrected chi connectivity index (χ1v) is 16.8. The van der Waals surface area contributed by atoms with Crippen LogP contribution in [0.25, 0.3) is 33.4 Å². The lowest BCUT2D eigenvalue weighted by atomic mass is 9.96. The van der Waals surface area contributed by atoms with E-state index in [1.54, 1.807) is 30.3 Å². The second-order valence-corrected chi connectivity index (χ2v) is 12.6. The van der Waals surface area contributed by atoms with Crippen molar-refractivity contribution in [1.29, 1.82) is 0 Å². The molecule has 0 saturated carbocycles. The fraction of sp³-hybridized carbons (Fsp3) is 0.368. The van der Waals surface area contributed by atoms with E-state index in [0.29, 0.717) is 57.4 Å². The topological polar surface area (TPSA) is 130 Å². The lowest BCUT2D eigenvalue weighted by molar-refractivity contribution is -0.117. The van der Waals surface area contributed by atoms with Crippen molar-refractivity contribution < 1.29 is 28.0 Å². The number of rotatable bonds is 4. The quantitative estimate of drug-likeness (QED) is 0.176. The van der Waals surface area contributed by atoms with Gasteiger partial charge >= 0.3 is 0 Å². The van der Waals surface area contributed by atoms with Gasteiger partial charge in [0.15, 0.2) is 0 Å². The van der Waals surface area contributed by atoms with Crippen LogP contribution in [0.3, 0.4) is 0 Å². The highest BCUT2D eigenvalue weighted by molar-refractivity contribution is 6.13. The molecule has 3 aromatic carbocycles. The van der Waals surface area contributed by atoms with Gasteiger partial charge in [-0.3, -0.25) is 19.2 Å². The fourth-order valence-electron chi connectivity index (χ4n) is 6.04. The molecule has 0 aliphatic carbocycles. The summed E-state index contributed by atoms with van der Waals surface area (Å²) in [4.78, 5) is 52.9. The van der Waals surface area contributed by atoms with Gasteiger partial charge in [-0.15, -0.1) is 0 Å². The van der Waals surface area contributed by atoms with Crippen molar-refractivity contribution in [3.63, 3.8) is 0 Å². The Morgan fingerprint density at radius 3 is 2.02 bits per heavy atom. The van der Waals surface area contributed by atoms with E-state index in [-0.39, 0.29) is 35.1 Å². The third-order valence-electron chi connectivity index (χ3n) is 8.43. The number of hydrogen-bond donors (Lipinski definition) is 4. The molecule has 4 amide bonds. The third kappa shape index (κ3) is 8.48. The Labute approximate surface area is 280 Å². The van der Waals surface area contributed by atoms with E-state index >= 15 is 0 Å². The number of carbonyl (C=O) groups excluding carboxylic acids is 4. The van der Waals surface area contributed by atoms with E-state index < -0.39 is 11.7 Å². The monoisotopic (exact) mass is 654 g/mol. The Balaban J connectivity index is 1.71. The van der Waals surface area contributed by atoms with Crippen molar-refractivity contribution >= 4 is 46.0 Å². The Hall–Kier alpha value is -4.99. The van der Waals surface area contributed by atoms with E-state index in [4.69, 9.17) is 4.42 Å². The van der Waals surface area contributed by atoms with Gasteiger partial charge in [-0.25, -0.2) is 4.39 Å². The van der Waals surface area contributed by atoms with E-state index in [1.165, 1.54) is 31.3 Å². The molecule has 5 rings (SSSR count). The first-order valence-electron chi connectivity index (χ1n) is 16.8. The van der Waals surface area contributed by atoms with E-state index in [1.807, 2.05) is 13.8 Å². The van der Waals surface area contributed by atoms with E-state index in [0.717, 1.165) is 51.4 Å². The largest absolute Gasteiger partial charge is 0.455 e. The molecule has 0 fully saturated rings. The number of hydrogen-bond acceptors (Lipinski definition) is 5. The predicted molar refractivity (Wildman–Crippen MR) is 186 cm³/mol. The van der Waals surface area contributed by atoms with Crippen LogP contribution in [0, 0.1) is 5.82 Å². The highest BCUT2D eigenvalue weighted by atomic mass is 19.1. The Morgan fingerprint density at radius 1 is 0.771 bits per heavy atom. The maximum absolute atomic E-state index is 13.8. The lowest BCUT2D eigenvalue weighted by Gasteiger charge is -2.16. The van der Waals surface area contributed by atoms with Crippen molar-refractivity contribution in [1.82, 2.24) is 10.6 Å². The van der Waals surface area contributed by atoms with Crippen molar-refractivity contribution in [3.8, 4) is 22.5 Å². The molecule has 10 heteroatoms. The van der Waals surface area contributed by atoms with Gasteiger partial charge in [0.05, 0.1) is 11.3 Å². The summed E-state index contributed by atoms with van der Waals surface area (Å²) in [6.45, 7) is 3.72. The summed E-state index contributed by atoms with van der Waals surface area (Å²) in [6, 6.07) is 14.0. The number of amides is 4. The van der Waals surface area contributed by atoms with Gasteiger partial charge in [-0.05, 0) is 80.8 Å². The summed E-state index contributed by atoms with van der Waals surface area (Å²) < 4.78 is 20.1. The first-order chi connectivity index (χ1) is 23.1. The number of nitrogens with one attached hydrogen (secondary N) is 4. The second-order valence-electron chi connectivity index (χ2n) is 12.6. The molecule has 4 aromatic rings. The normalized spacial score (nSPS) is 15.0. The van der Waals surface area contributed by atoms with Crippen molar-refractivity contribution in [2.75, 3.05) is 17.7 Å². The maximum atomic E-state index is 13.8. The number of furan rings is 1. The zero-order valence-electron chi connectivity index (χ0n) is 27.8. The van der Waals surface area contributed by atoms with Crippen LogP contribution in [-0.4, -0.2) is 36.7 Å². The smallest absolute Gasteiger partial charge is 0.255 e. The van der Waals surface area contributed by atoms with Gasteiger partial charge in [0.2, 0.25) is 11.8 Å². The van der Waals surface area contributed by atoms with Gasteiger partial charge in [0, 0.05) is 59.8 Å². The summed E-state index contributed by atoms with van der Waals surface area (Å²) in [6.07, 6.45) is 8.38. The van der Waals surface area contributed by atoms with Crippen LogP contribution in [-0.2, 0) is 9.59 Å². The second kappa shape index (κ2) is 15.7. The molecule has 252 valence electrons. The van der Waals surface area contributed by atoms with Crippen LogP contribution >= 0.6 is 0 Å². The highest BCUT2D eigenvalue weighted by Crippen LogP contribution is 2.41. The molecule has 0 saturated heterocycles. The molecule has 2 heterocycles. The Morgan fingerprint density at radius 2 is 1.40 bits per heavy atom. The average molecular weight is 655 g/mol. The molecule has 1 aromatic heterocycles. The van der Waals surface area contributed by atoms with Crippen LogP contribution in [0.5, 0.6) is 0 Å². The number of benzene rings is 3. The summed E-state index contributed by atoms with van der Waals surface area (Å²) in [7, 11) is 1.51. The van der Waals surface area contributed by atoms with Crippen LogP contribution in [0.15, 0.2) is 59.0 Å². The molecule has 1 aliphatic heterocycles. The number of halogens is 1. The molecule has 48 heavy (non-hydrogen) atoms. The Bertz CT molecular complexity index is 1810. The molecular weight excluding hydrogens is 611 g/mol. The zero-order valence-corrected chi connectivity index (χ0v) is 27.8. The van der Waals surface area contributed by atoms with E-state index in [9.17, 15) is 23.6 Å². The van der Waals surface area contributed by atoms with Crippen LogP contribution in [0.1, 0.15) is 98.8 Å². The molecular formula is C38H43FN4O5. The standard InChI is InChI=1S/C38H43FN4O5/c1-23(2)41-37(46)26-18-25-19-28(20-26)42-33(44)12-10-8-6-4-5-7-9-11-13-34(45)43-31-22-32-30(21-29(25)31)35(38(47)40-3)36(48-32)24-14-16-27(39)17-15-24/h14-23H,4-13H2,1-3H3,(H,40,47)(H,41,46)(H,42,44)(H,43,45). The molecule has 0 radical (unpaired) electrons. The van der Waals surface area contributed by atoms with Crippen LogP contribution in [0.4, 0.5) is 15.8 Å². The van der Waals surface area contributed by atoms with Crippen LogP contribution < -0.4 is 21.3 Å². The first kappa shape index (κ1) is 34.3. The summed E-state index contributed by atoms with van der Waals surface area (Å²) in [5.74, 6) is -1.23. The van der Waals surface area contributed by atoms with Gasteiger partial charge < -0.3 is 25.7 Å². The minimum absolute atomic E-state index is 0.126. The average Bonchev–Trinajstić information content (AvgIpc) is 3.42. The van der Waals surface area contributed by atoms with Gasteiger partial charge in [0.25, 0.3) is 11.8 Å². The summed E-state index contributed by atoms with van der Waals surface area (Å²) in [5.41, 5.74) is 3.34. The zero-order chi connectivity index (χ0) is 34.2. The van der Waals surface area contributed by atoms with E-state index in [2.05, 4.69) is 21.3 Å². The molecule has 2 bridgehead atoms. The summed E-state index contributed by atoms with van der Waals surface area (Å²) in [5, 5.41) is 12.1. The van der Waals surface area contributed by atoms with Gasteiger partial charge in [0.1, 0.15) is 17.2 Å². The lowest BCUT2D eigenvalue weighted by Crippen LogP contribution is -2.30. The van der Waals surface area contributed by atoms with Crippen LogP contribution in [0.2, 0.25) is 0 Å². The minimum atomic E-state index is -0.426. The number of anilines is 2. The predicted octanol–water partition coefficient (Wildman–Crippen LogP) is 8.20. The fourth-order valence-corrected chi connectivity index (χ4v) is 6.04. The third-order valence-corrected chi connectivity index (χ3v) is 8.43. The van der Waals surface area contributed by atoms with Crippen molar-refractivity contribution in [2.45, 2.75) is 84.1 Å². The SMILES string of the molecule is CNC(=O)c1c(-c2ccc(F)cc2)oc2cc3c(cc12)-c1cc(cc(C(=O)NC(C)C)c1)NC(=O)CCCCCCCCCCC(=O)N3. The van der Waals surface area contributed by atoms with Crippen molar-refractivity contribution in [2.24, 2.45) is 0 Å². The minimum Gasteiger partial charge on any atom is -0.455 e. The number of fused-ring (bicyclic) bond motifs is 5. The van der Waals surface area contributed by atoms with Gasteiger partial charge in [-0.1, -0.05) is 38.5 Å². The molecule has 0 unspecified atom stereocenters. The molecule has 9 nitrogen and oxygen atoms in total. The van der Waals surface area contributed by atoms with Gasteiger partial charge in [-0.2, -0.15) is 0 Å². The van der Waals surface area contributed by atoms with Crippen molar-refractivity contribution in [3.05, 3.63) is 71.5 Å². The Kier molecular flexibility index (Phi) is 11.3. The highest BCUT2D eigenvalue weighted by Gasteiger charge is 2.25. The molecule has 1 aliphatic rings. The molecule has 4 N–H and O–H groups in total. The maximum Gasteiger partial charge on any atom is 0.255 e. The number of carbonyl (C=O) groups is 4. The molecule has 0 spiro atoms. The molecule has 0 atom stereocenters. The summed E-state index contributed by atoms with van der Waals surface area (Å²) >= 11 is 0.